The molecule has 14 heteroatoms. The number of pyridine rings is 1. The summed E-state index contributed by atoms with van der Waals surface area (Å²) in [5, 5.41) is 12.1. The first-order chi connectivity index (χ1) is 20.2. The highest BCUT2D eigenvalue weighted by Gasteiger charge is 2.36. The number of fused-ring (bicyclic) bond motifs is 2. The molecule has 13 nitrogen and oxygen atoms in total. The highest BCUT2D eigenvalue weighted by Crippen LogP contribution is 2.33. The van der Waals surface area contributed by atoms with Crippen LogP contribution in [0.3, 0.4) is 0 Å². The topological polar surface area (TPSA) is 156 Å². The first kappa shape index (κ1) is 27.4. The molecular weight excluding hydrogens is 547 g/mol. The van der Waals surface area contributed by atoms with Gasteiger partial charge in [-0.1, -0.05) is 0 Å². The molecule has 0 aliphatic carbocycles. The van der Waals surface area contributed by atoms with Crippen LogP contribution in [0.15, 0.2) is 47.0 Å². The van der Waals surface area contributed by atoms with Crippen LogP contribution in [0.25, 0.3) is 11.0 Å². The number of anilines is 5. The van der Waals surface area contributed by atoms with Gasteiger partial charge >= 0.3 is 0 Å². The highest BCUT2D eigenvalue weighted by atomic mass is 19.1. The van der Waals surface area contributed by atoms with Crippen LogP contribution in [0.1, 0.15) is 24.4 Å². The Morgan fingerprint density at radius 2 is 1.95 bits per heavy atom. The van der Waals surface area contributed by atoms with Crippen molar-refractivity contribution in [2.75, 3.05) is 55.3 Å². The standard InChI is InChI=1S/C28H29FN8O5/c1-28(2)26(39)35-24-20(42-28)5-6-22(34-24)33-23-18(29)15-31-27(36-23)32-17-3-4-19-16(13-17)14-21(41-19)25(38)30-7-8-37-9-11-40-12-10-37/h3-6,13-15H,7-12H2,1-2H3,(H,30,38)(H3,31,32,33,34,35,36,39). The molecule has 0 bridgehead atoms. The minimum Gasteiger partial charge on any atom is -0.474 e. The number of ether oxygens (including phenoxy) is 2. The first-order valence-electron chi connectivity index (χ1n) is 13.4. The van der Waals surface area contributed by atoms with E-state index in [0.29, 0.717) is 42.2 Å². The van der Waals surface area contributed by atoms with E-state index in [1.54, 1.807) is 50.2 Å². The molecule has 6 rings (SSSR count). The van der Waals surface area contributed by atoms with Crippen LogP contribution in [-0.4, -0.2) is 76.7 Å². The van der Waals surface area contributed by atoms with Crippen LogP contribution >= 0.6 is 0 Å². The molecule has 0 spiro atoms. The van der Waals surface area contributed by atoms with Crippen molar-refractivity contribution in [1.29, 1.82) is 0 Å². The maximum absolute atomic E-state index is 14.6. The van der Waals surface area contributed by atoms with Crippen LogP contribution in [0.5, 0.6) is 5.75 Å². The van der Waals surface area contributed by atoms with Crippen LogP contribution < -0.4 is 26.0 Å². The number of carbonyl (C=O) groups is 2. The van der Waals surface area contributed by atoms with E-state index in [2.05, 4.69) is 41.1 Å². The lowest BCUT2D eigenvalue weighted by molar-refractivity contribution is -0.129. The summed E-state index contributed by atoms with van der Waals surface area (Å²) >= 11 is 0. The minimum absolute atomic E-state index is 0.122. The van der Waals surface area contributed by atoms with E-state index < -0.39 is 11.4 Å². The van der Waals surface area contributed by atoms with Crippen molar-refractivity contribution in [3.8, 4) is 5.75 Å². The van der Waals surface area contributed by atoms with Crippen molar-refractivity contribution in [3.63, 3.8) is 0 Å². The normalized spacial score (nSPS) is 16.3. The second-order valence-electron chi connectivity index (χ2n) is 10.3. The van der Waals surface area contributed by atoms with Gasteiger partial charge in [0.25, 0.3) is 11.8 Å². The van der Waals surface area contributed by atoms with Gasteiger partial charge in [0.05, 0.1) is 19.4 Å². The van der Waals surface area contributed by atoms with E-state index in [0.717, 1.165) is 25.8 Å². The van der Waals surface area contributed by atoms with Gasteiger partial charge in [-0.25, -0.2) is 14.4 Å². The summed E-state index contributed by atoms with van der Waals surface area (Å²) in [6.45, 7) is 7.65. The largest absolute Gasteiger partial charge is 0.474 e. The number of hydrogen-bond donors (Lipinski definition) is 4. The smallest absolute Gasteiger partial charge is 0.287 e. The third-order valence-corrected chi connectivity index (χ3v) is 6.81. The predicted octanol–water partition coefficient (Wildman–Crippen LogP) is 3.42. The maximum Gasteiger partial charge on any atom is 0.287 e. The number of nitrogens with one attached hydrogen (secondary N) is 4. The number of nitrogens with zero attached hydrogens (tertiary/aromatic N) is 4. The van der Waals surface area contributed by atoms with Gasteiger partial charge in [-0.05, 0) is 50.2 Å². The highest BCUT2D eigenvalue weighted by molar-refractivity contribution is 5.99. The molecule has 2 aliphatic heterocycles. The van der Waals surface area contributed by atoms with E-state index in [9.17, 15) is 14.0 Å². The molecule has 0 saturated carbocycles. The molecule has 4 N–H and O–H groups in total. The Balaban J connectivity index is 1.11. The van der Waals surface area contributed by atoms with Crippen LogP contribution in [-0.2, 0) is 9.53 Å². The zero-order valence-electron chi connectivity index (χ0n) is 23.0. The monoisotopic (exact) mass is 576 g/mol. The summed E-state index contributed by atoms with van der Waals surface area (Å²) in [5.41, 5.74) is 0.119. The van der Waals surface area contributed by atoms with E-state index in [1.165, 1.54) is 0 Å². The molecule has 0 radical (unpaired) electrons. The SMILES string of the molecule is CC1(C)Oc2ccc(Nc3nc(Nc4ccc5oc(C(=O)NCCN6CCOCC6)cc5c4)ncc3F)nc2NC1=O. The average molecular weight is 577 g/mol. The van der Waals surface area contributed by atoms with E-state index in [1.807, 2.05) is 0 Å². The maximum atomic E-state index is 14.6. The molecule has 0 unspecified atom stereocenters. The number of amides is 2. The molecule has 0 atom stereocenters. The quantitative estimate of drug-likeness (QED) is 0.244. The number of hydrogen-bond acceptors (Lipinski definition) is 11. The fourth-order valence-electron chi connectivity index (χ4n) is 4.51. The number of furan rings is 1. The number of rotatable bonds is 8. The lowest BCUT2D eigenvalue weighted by Crippen LogP contribution is -2.46. The fourth-order valence-corrected chi connectivity index (χ4v) is 4.51. The average Bonchev–Trinajstić information content (AvgIpc) is 3.40. The van der Waals surface area contributed by atoms with Crippen molar-refractivity contribution < 1.29 is 27.9 Å². The molecule has 1 saturated heterocycles. The summed E-state index contributed by atoms with van der Waals surface area (Å²) in [4.78, 5) is 39.6. The van der Waals surface area contributed by atoms with Gasteiger partial charge < -0.3 is 35.2 Å². The summed E-state index contributed by atoms with van der Waals surface area (Å²) in [7, 11) is 0. The number of halogens is 1. The van der Waals surface area contributed by atoms with Gasteiger partial charge in [-0.3, -0.25) is 14.5 Å². The van der Waals surface area contributed by atoms with Crippen LogP contribution in [0.4, 0.5) is 33.5 Å². The summed E-state index contributed by atoms with van der Waals surface area (Å²) < 4.78 is 31.3. The number of aromatic nitrogens is 3. The zero-order valence-corrected chi connectivity index (χ0v) is 23.0. The third-order valence-electron chi connectivity index (χ3n) is 6.81. The van der Waals surface area contributed by atoms with Crippen molar-refractivity contribution in [3.05, 3.63) is 54.2 Å². The van der Waals surface area contributed by atoms with Crippen molar-refractivity contribution in [1.82, 2.24) is 25.2 Å². The molecule has 4 aromatic rings. The van der Waals surface area contributed by atoms with Crippen molar-refractivity contribution >= 4 is 51.9 Å². The molecule has 2 amide bonds. The van der Waals surface area contributed by atoms with Gasteiger partial charge in [-0.2, -0.15) is 4.98 Å². The van der Waals surface area contributed by atoms with Crippen molar-refractivity contribution in [2.45, 2.75) is 19.4 Å². The Bertz CT molecular complexity index is 1650. The van der Waals surface area contributed by atoms with E-state index in [4.69, 9.17) is 13.9 Å². The Morgan fingerprint density at radius 3 is 2.79 bits per heavy atom. The third kappa shape index (κ3) is 5.94. The lowest BCUT2D eigenvalue weighted by Gasteiger charge is -2.30. The molecule has 1 fully saturated rings. The predicted molar refractivity (Wildman–Crippen MR) is 152 cm³/mol. The lowest BCUT2D eigenvalue weighted by atomic mass is 10.1. The van der Waals surface area contributed by atoms with Crippen LogP contribution in [0, 0.1) is 5.82 Å². The molecule has 1 aromatic carbocycles. The molecule has 42 heavy (non-hydrogen) atoms. The van der Waals surface area contributed by atoms with E-state index >= 15 is 0 Å². The fraction of sp³-hybridized carbons (Fsp3) is 0.321. The molecule has 3 aromatic heterocycles. The summed E-state index contributed by atoms with van der Waals surface area (Å²) in [6, 6.07) is 10.1. The molecule has 218 valence electrons. The van der Waals surface area contributed by atoms with Crippen LogP contribution in [0.2, 0.25) is 0 Å². The first-order valence-corrected chi connectivity index (χ1v) is 13.4. The summed E-state index contributed by atoms with van der Waals surface area (Å²) in [5.74, 6) is -0.260. The van der Waals surface area contributed by atoms with Gasteiger partial charge in [0.1, 0.15) is 11.4 Å². The minimum atomic E-state index is -1.03. The van der Waals surface area contributed by atoms with Crippen molar-refractivity contribution in [2.24, 2.45) is 0 Å². The van der Waals surface area contributed by atoms with Gasteiger partial charge in [-0.15, -0.1) is 0 Å². The van der Waals surface area contributed by atoms with Gasteiger partial charge in [0.2, 0.25) is 5.95 Å². The number of carbonyl (C=O) groups excluding carboxylic acids is 2. The molecular formula is C28H29FN8O5. The Labute approximate surface area is 239 Å². The molecule has 2 aliphatic rings. The Kier molecular flexibility index (Phi) is 7.31. The number of benzene rings is 1. The van der Waals surface area contributed by atoms with Gasteiger partial charge in [0.15, 0.2) is 34.6 Å². The van der Waals surface area contributed by atoms with Gasteiger partial charge in [0, 0.05) is 37.3 Å². The van der Waals surface area contributed by atoms with E-state index in [-0.39, 0.29) is 41.0 Å². The Morgan fingerprint density at radius 1 is 1.12 bits per heavy atom. The summed E-state index contributed by atoms with van der Waals surface area (Å²) in [6.07, 6.45) is 1.03. The Hall–Kier alpha value is -4.82. The molecule has 5 heterocycles. The second-order valence-corrected chi connectivity index (χ2v) is 10.3. The number of morpholine rings is 1. The second kappa shape index (κ2) is 11.2. The zero-order chi connectivity index (χ0) is 29.3.